The van der Waals surface area contributed by atoms with Gasteiger partial charge in [0.15, 0.2) is 0 Å². The summed E-state index contributed by atoms with van der Waals surface area (Å²) in [6.45, 7) is 2.78. The van der Waals surface area contributed by atoms with Crippen LogP contribution in [0.4, 0.5) is 4.39 Å². The molecule has 110 valence electrons. The van der Waals surface area contributed by atoms with Crippen LogP contribution in [0.5, 0.6) is 0 Å². The summed E-state index contributed by atoms with van der Waals surface area (Å²) in [4.78, 5) is 16.0. The van der Waals surface area contributed by atoms with Gasteiger partial charge in [0.1, 0.15) is 5.82 Å². The standard InChI is InChI=1S/C16H15BrFNOS/c1-2-14-13-4-6-21-15(13)3-5-19(14)16(20)10-7-11(17)9-12(18)8-10/h4,6-9,14H,2-3,5H2,1H3. The highest BCUT2D eigenvalue weighted by atomic mass is 79.9. The highest BCUT2D eigenvalue weighted by Crippen LogP contribution is 2.36. The zero-order valence-corrected chi connectivity index (χ0v) is 14.0. The summed E-state index contributed by atoms with van der Waals surface area (Å²) in [6.07, 6.45) is 1.75. The van der Waals surface area contributed by atoms with Crippen LogP contribution in [0.1, 0.15) is 40.2 Å². The quantitative estimate of drug-likeness (QED) is 0.746. The van der Waals surface area contributed by atoms with Gasteiger partial charge in [-0.1, -0.05) is 22.9 Å². The number of carbonyl (C=O) groups is 1. The molecule has 2 aromatic rings. The Hall–Kier alpha value is -1.20. The molecule has 1 aliphatic rings. The molecule has 3 rings (SSSR count). The first-order valence-electron chi connectivity index (χ1n) is 6.93. The lowest BCUT2D eigenvalue weighted by molar-refractivity contribution is 0.0657. The lowest BCUT2D eigenvalue weighted by Gasteiger charge is -2.35. The van der Waals surface area contributed by atoms with Crippen LogP contribution in [-0.4, -0.2) is 17.4 Å². The van der Waals surface area contributed by atoms with Crippen LogP contribution in [-0.2, 0) is 6.42 Å². The SMILES string of the molecule is CCC1c2ccsc2CCN1C(=O)c1cc(F)cc(Br)c1. The Bertz CT molecular complexity index is 664. The smallest absolute Gasteiger partial charge is 0.254 e. The Labute approximate surface area is 135 Å². The minimum atomic E-state index is -0.394. The molecule has 1 atom stereocenters. The van der Waals surface area contributed by atoms with E-state index in [1.165, 1.54) is 22.6 Å². The molecule has 0 saturated heterocycles. The minimum absolute atomic E-state index is 0.0922. The van der Waals surface area contributed by atoms with Gasteiger partial charge in [-0.05, 0) is 48.1 Å². The van der Waals surface area contributed by atoms with E-state index in [9.17, 15) is 9.18 Å². The Kier molecular flexibility index (Phi) is 4.13. The Morgan fingerprint density at radius 3 is 3.00 bits per heavy atom. The first-order valence-corrected chi connectivity index (χ1v) is 8.60. The largest absolute Gasteiger partial charge is 0.331 e. The number of hydrogen-bond donors (Lipinski definition) is 0. The van der Waals surface area contributed by atoms with Crippen molar-refractivity contribution in [3.63, 3.8) is 0 Å². The molecule has 0 bridgehead atoms. The van der Waals surface area contributed by atoms with Crippen LogP contribution >= 0.6 is 27.3 Å². The molecule has 0 saturated carbocycles. The molecule has 0 aliphatic carbocycles. The van der Waals surface area contributed by atoms with Gasteiger partial charge in [0.05, 0.1) is 6.04 Å². The zero-order valence-electron chi connectivity index (χ0n) is 11.6. The summed E-state index contributed by atoms with van der Waals surface area (Å²) in [5.74, 6) is -0.493. The third-order valence-corrected chi connectivity index (χ3v) is 5.31. The normalized spacial score (nSPS) is 17.7. The molecule has 0 radical (unpaired) electrons. The van der Waals surface area contributed by atoms with Crippen LogP contribution in [0.25, 0.3) is 0 Å². The predicted molar refractivity (Wildman–Crippen MR) is 86.2 cm³/mol. The average molecular weight is 368 g/mol. The van der Waals surface area contributed by atoms with Crippen molar-refractivity contribution >= 4 is 33.2 Å². The fourth-order valence-corrected chi connectivity index (χ4v) is 4.32. The molecule has 2 nitrogen and oxygen atoms in total. The van der Waals surface area contributed by atoms with E-state index >= 15 is 0 Å². The number of benzene rings is 1. The highest BCUT2D eigenvalue weighted by molar-refractivity contribution is 9.10. The van der Waals surface area contributed by atoms with E-state index in [0.29, 0.717) is 16.6 Å². The zero-order chi connectivity index (χ0) is 15.0. The maximum Gasteiger partial charge on any atom is 0.254 e. The molecule has 1 aromatic carbocycles. The minimum Gasteiger partial charge on any atom is -0.331 e. The monoisotopic (exact) mass is 367 g/mol. The van der Waals surface area contributed by atoms with Gasteiger partial charge in [-0.2, -0.15) is 0 Å². The molecule has 5 heteroatoms. The third-order valence-electron chi connectivity index (χ3n) is 3.85. The fourth-order valence-electron chi connectivity index (χ4n) is 2.92. The van der Waals surface area contributed by atoms with Gasteiger partial charge in [-0.3, -0.25) is 4.79 Å². The van der Waals surface area contributed by atoms with Crippen LogP contribution < -0.4 is 0 Å². The Morgan fingerprint density at radius 1 is 1.48 bits per heavy atom. The Morgan fingerprint density at radius 2 is 2.29 bits per heavy atom. The summed E-state index contributed by atoms with van der Waals surface area (Å²) < 4.78 is 14.1. The van der Waals surface area contributed by atoms with Gasteiger partial charge >= 0.3 is 0 Å². The van der Waals surface area contributed by atoms with E-state index in [2.05, 4.69) is 34.3 Å². The molecule has 1 amide bonds. The van der Waals surface area contributed by atoms with Crippen molar-refractivity contribution in [2.75, 3.05) is 6.54 Å². The lowest BCUT2D eigenvalue weighted by Crippen LogP contribution is -2.39. The van der Waals surface area contributed by atoms with Crippen LogP contribution in [0, 0.1) is 5.82 Å². The van der Waals surface area contributed by atoms with Crippen LogP contribution in [0.15, 0.2) is 34.1 Å². The van der Waals surface area contributed by atoms with Crippen molar-refractivity contribution in [1.29, 1.82) is 0 Å². The van der Waals surface area contributed by atoms with E-state index in [0.717, 1.165) is 12.8 Å². The number of fused-ring (bicyclic) bond motifs is 1. The molecular weight excluding hydrogens is 353 g/mol. The summed E-state index contributed by atoms with van der Waals surface area (Å²) in [7, 11) is 0. The molecule has 2 heterocycles. The van der Waals surface area contributed by atoms with Crippen molar-refractivity contribution in [2.24, 2.45) is 0 Å². The van der Waals surface area contributed by atoms with Crippen molar-refractivity contribution in [3.8, 4) is 0 Å². The van der Waals surface area contributed by atoms with E-state index in [1.807, 2.05) is 4.90 Å². The number of amides is 1. The van der Waals surface area contributed by atoms with Crippen LogP contribution in [0.2, 0.25) is 0 Å². The molecular formula is C16H15BrFNOS. The second-order valence-electron chi connectivity index (χ2n) is 5.13. The number of carbonyl (C=O) groups excluding carboxylic acids is 1. The Balaban J connectivity index is 1.94. The number of hydrogen-bond acceptors (Lipinski definition) is 2. The molecule has 0 fully saturated rings. The topological polar surface area (TPSA) is 20.3 Å². The maximum absolute atomic E-state index is 13.5. The van der Waals surface area contributed by atoms with Gasteiger partial charge in [0.25, 0.3) is 5.91 Å². The van der Waals surface area contributed by atoms with Gasteiger partial charge in [-0.25, -0.2) is 4.39 Å². The second kappa shape index (κ2) is 5.89. The molecule has 1 aromatic heterocycles. The highest BCUT2D eigenvalue weighted by Gasteiger charge is 2.31. The van der Waals surface area contributed by atoms with E-state index < -0.39 is 5.82 Å². The maximum atomic E-state index is 13.5. The van der Waals surface area contributed by atoms with Gasteiger partial charge in [0, 0.05) is 21.5 Å². The number of nitrogens with zero attached hydrogens (tertiary/aromatic N) is 1. The van der Waals surface area contributed by atoms with Gasteiger partial charge in [-0.15, -0.1) is 11.3 Å². The fraction of sp³-hybridized carbons (Fsp3) is 0.312. The first-order chi connectivity index (χ1) is 10.1. The number of thiophene rings is 1. The predicted octanol–water partition coefficient (Wildman–Crippen LogP) is 4.80. The second-order valence-corrected chi connectivity index (χ2v) is 7.05. The lowest BCUT2D eigenvalue weighted by atomic mass is 9.97. The summed E-state index contributed by atoms with van der Waals surface area (Å²) >= 11 is 5.00. The molecule has 21 heavy (non-hydrogen) atoms. The third kappa shape index (κ3) is 2.77. The van der Waals surface area contributed by atoms with Crippen molar-refractivity contribution in [2.45, 2.75) is 25.8 Å². The van der Waals surface area contributed by atoms with Crippen LogP contribution in [0.3, 0.4) is 0 Å². The van der Waals surface area contributed by atoms with E-state index in [4.69, 9.17) is 0 Å². The average Bonchev–Trinajstić information content (AvgIpc) is 2.92. The van der Waals surface area contributed by atoms with Gasteiger partial charge in [0.2, 0.25) is 0 Å². The molecule has 0 spiro atoms. The molecule has 1 aliphatic heterocycles. The molecule has 0 N–H and O–H groups in total. The number of halogens is 2. The summed E-state index contributed by atoms with van der Waals surface area (Å²) in [5.41, 5.74) is 1.65. The first kappa shape index (κ1) is 14.7. The summed E-state index contributed by atoms with van der Waals surface area (Å²) in [5, 5.41) is 2.08. The van der Waals surface area contributed by atoms with E-state index in [-0.39, 0.29) is 11.9 Å². The summed E-state index contributed by atoms with van der Waals surface area (Å²) in [6, 6.07) is 6.55. The van der Waals surface area contributed by atoms with E-state index in [1.54, 1.807) is 17.4 Å². The van der Waals surface area contributed by atoms with Crippen molar-refractivity contribution in [3.05, 3.63) is 55.9 Å². The van der Waals surface area contributed by atoms with Gasteiger partial charge < -0.3 is 4.90 Å². The van der Waals surface area contributed by atoms with Crippen molar-refractivity contribution < 1.29 is 9.18 Å². The van der Waals surface area contributed by atoms with Crippen molar-refractivity contribution in [1.82, 2.24) is 4.90 Å². The number of rotatable bonds is 2. The molecule has 1 unspecified atom stereocenters.